The summed E-state index contributed by atoms with van der Waals surface area (Å²) >= 11 is 0. The number of fused-ring (bicyclic) bond motifs is 1. The van der Waals surface area contributed by atoms with Gasteiger partial charge in [0.2, 0.25) is 0 Å². The smallest absolute Gasteiger partial charge is 0.406 e. The molecule has 192 valence electrons. The van der Waals surface area contributed by atoms with Gasteiger partial charge >= 0.3 is 6.36 Å². The highest BCUT2D eigenvalue weighted by atomic mass is 19.4. The lowest BCUT2D eigenvalue weighted by Gasteiger charge is -2.26. The molecule has 11 heteroatoms. The predicted octanol–water partition coefficient (Wildman–Crippen LogP) is 4.23. The van der Waals surface area contributed by atoms with Gasteiger partial charge in [-0.25, -0.2) is 0 Å². The summed E-state index contributed by atoms with van der Waals surface area (Å²) in [7, 11) is 0. The van der Waals surface area contributed by atoms with Crippen molar-refractivity contribution >= 4 is 23.2 Å². The normalized spacial score (nSPS) is 16.0. The van der Waals surface area contributed by atoms with E-state index >= 15 is 0 Å². The quantitative estimate of drug-likeness (QED) is 0.533. The maximum atomic E-state index is 13.2. The van der Waals surface area contributed by atoms with Gasteiger partial charge in [-0.2, -0.15) is 0 Å². The van der Waals surface area contributed by atoms with Crippen LogP contribution in [0.1, 0.15) is 32.0 Å². The summed E-state index contributed by atoms with van der Waals surface area (Å²) in [6.45, 7) is 3.92. The molecule has 1 N–H and O–H groups in total. The molecule has 0 bridgehead atoms. The Bertz CT molecular complexity index is 1310. The monoisotopic (exact) mass is 512 g/mol. The van der Waals surface area contributed by atoms with Gasteiger partial charge in [-0.05, 0) is 35.4 Å². The maximum absolute atomic E-state index is 13.2. The third-order valence-corrected chi connectivity index (χ3v) is 6.12. The van der Waals surface area contributed by atoms with Crippen LogP contribution >= 0.6 is 0 Å². The topological polar surface area (TPSA) is 84.0 Å². The van der Waals surface area contributed by atoms with Crippen LogP contribution < -0.4 is 15.0 Å². The van der Waals surface area contributed by atoms with Crippen LogP contribution in [0.2, 0.25) is 0 Å². The number of carbonyl (C=O) groups excluding carboxylic acids is 2. The first-order valence-corrected chi connectivity index (χ1v) is 11.6. The minimum atomic E-state index is -4.84. The van der Waals surface area contributed by atoms with Crippen molar-refractivity contribution in [3.8, 4) is 5.75 Å². The number of hydrogen-bond donors (Lipinski definition) is 1. The second-order valence-electron chi connectivity index (χ2n) is 8.67. The number of ether oxygens (including phenoxy) is 2. The first kappa shape index (κ1) is 24.7. The molecule has 0 aliphatic carbocycles. The van der Waals surface area contributed by atoms with Crippen LogP contribution in [0, 0.1) is 0 Å². The summed E-state index contributed by atoms with van der Waals surface area (Å²) in [6.07, 6.45) is -3.19. The molecule has 2 amide bonds. The van der Waals surface area contributed by atoms with Crippen molar-refractivity contribution in [1.29, 1.82) is 0 Å². The molecule has 0 radical (unpaired) electrons. The van der Waals surface area contributed by atoms with Crippen molar-refractivity contribution < 1.29 is 32.2 Å². The number of nitrogens with one attached hydrogen (secondary N) is 1. The van der Waals surface area contributed by atoms with E-state index in [4.69, 9.17) is 4.74 Å². The number of nitrogens with zero attached hydrogens (tertiary/aromatic N) is 3. The van der Waals surface area contributed by atoms with Gasteiger partial charge in [-0.1, -0.05) is 24.3 Å². The van der Waals surface area contributed by atoms with E-state index < -0.39 is 23.9 Å². The molecule has 0 saturated carbocycles. The second kappa shape index (κ2) is 10.2. The molecule has 3 heterocycles. The average molecular weight is 512 g/mol. The Balaban J connectivity index is 1.29. The highest BCUT2D eigenvalue weighted by Crippen LogP contribution is 2.35. The third-order valence-electron chi connectivity index (χ3n) is 6.12. The number of morpholine rings is 1. The fraction of sp³-hybridized carbons (Fsp3) is 0.269. The standard InChI is InChI=1S/C26H23F3N4O4/c27-26(28,29)37-20-5-2-4-19(13-20)33-16-18-3-1-6-21(23(18)25(33)35)31-24(34)22-8-7-17(14-30-22)15-32-9-11-36-12-10-32/h1-8,13-14H,9-12,15-16H2,(H,31,34). The van der Waals surface area contributed by atoms with E-state index in [1.54, 1.807) is 30.5 Å². The van der Waals surface area contributed by atoms with Crippen molar-refractivity contribution in [2.45, 2.75) is 19.5 Å². The molecule has 0 atom stereocenters. The van der Waals surface area contributed by atoms with Crippen molar-refractivity contribution in [3.05, 3.63) is 83.2 Å². The van der Waals surface area contributed by atoms with Crippen molar-refractivity contribution in [2.24, 2.45) is 0 Å². The molecule has 2 aliphatic rings. The van der Waals surface area contributed by atoms with Crippen molar-refractivity contribution in [3.63, 3.8) is 0 Å². The number of aromatic nitrogens is 1. The summed E-state index contributed by atoms with van der Waals surface area (Å²) in [5.41, 5.74) is 2.64. The Labute approximate surface area is 210 Å². The van der Waals surface area contributed by atoms with Gasteiger partial charge in [0.15, 0.2) is 0 Å². The van der Waals surface area contributed by atoms with Gasteiger partial charge < -0.3 is 19.7 Å². The van der Waals surface area contributed by atoms with Crippen LogP contribution in [0.25, 0.3) is 0 Å². The van der Waals surface area contributed by atoms with Crippen molar-refractivity contribution in [2.75, 3.05) is 36.5 Å². The van der Waals surface area contributed by atoms with Gasteiger partial charge in [0, 0.05) is 37.6 Å². The molecule has 2 aromatic carbocycles. The zero-order chi connectivity index (χ0) is 26.0. The number of hydrogen-bond acceptors (Lipinski definition) is 6. The fourth-order valence-electron chi connectivity index (χ4n) is 4.38. The molecule has 8 nitrogen and oxygen atoms in total. The van der Waals surface area contributed by atoms with Crippen LogP contribution in [0.15, 0.2) is 60.8 Å². The fourth-order valence-corrected chi connectivity index (χ4v) is 4.38. The molecule has 1 aromatic heterocycles. The lowest BCUT2D eigenvalue weighted by atomic mass is 10.1. The number of benzene rings is 2. The Morgan fingerprint density at radius 1 is 1.08 bits per heavy atom. The Kier molecular flexibility index (Phi) is 6.81. The minimum Gasteiger partial charge on any atom is -0.406 e. The first-order valence-electron chi connectivity index (χ1n) is 11.6. The van der Waals surface area contributed by atoms with Gasteiger partial charge in [0.1, 0.15) is 11.4 Å². The van der Waals surface area contributed by atoms with E-state index in [-0.39, 0.29) is 23.5 Å². The molecule has 37 heavy (non-hydrogen) atoms. The van der Waals surface area contributed by atoms with Crippen LogP contribution in [0.5, 0.6) is 5.75 Å². The van der Waals surface area contributed by atoms with Crippen LogP contribution in [0.3, 0.4) is 0 Å². The zero-order valence-electron chi connectivity index (χ0n) is 19.6. The predicted molar refractivity (Wildman–Crippen MR) is 128 cm³/mol. The van der Waals surface area contributed by atoms with Crippen LogP contribution in [-0.2, 0) is 17.8 Å². The van der Waals surface area contributed by atoms with E-state index in [1.807, 2.05) is 6.07 Å². The van der Waals surface area contributed by atoms with E-state index in [9.17, 15) is 22.8 Å². The number of halogens is 3. The van der Waals surface area contributed by atoms with Crippen LogP contribution in [-0.4, -0.2) is 54.4 Å². The summed E-state index contributed by atoms with van der Waals surface area (Å²) in [5, 5.41) is 2.75. The Morgan fingerprint density at radius 2 is 1.86 bits per heavy atom. The molecule has 0 unspecified atom stereocenters. The molecular formula is C26H23F3N4O4. The molecule has 5 rings (SSSR count). The zero-order valence-corrected chi connectivity index (χ0v) is 19.6. The summed E-state index contributed by atoms with van der Waals surface area (Å²) < 4.78 is 47.2. The Hall–Kier alpha value is -3.96. The number of alkyl halides is 3. The number of amides is 2. The summed E-state index contributed by atoms with van der Waals surface area (Å²) in [4.78, 5) is 34.0. The highest BCUT2D eigenvalue weighted by Gasteiger charge is 2.34. The average Bonchev–Trinajstić information content (AvgIpc) is 3.21. The molecule has 0 spiro atoms. The van der Waals surface area contributed by atoms with E-state index in [0.29, 0.717) is 31.0 Å². The maximum Gasteiger partial charge on any atom is 0.573 e. The van der Waals surface area contributed by atoms with Gasteiger partial charge in [-0.15, -0.1) is 13.2 Å². The third kappa shape index (κ3) is 5.73. The molecule has 1 fully saturated rings. The number of rotatable bonds is 6. The SMILES string of the molecule is O=C(Nc1cccc2c1C(=O)N(c1cccc(OC(F)(F)F)c1)C2)c1ccc(CN2CCOCC2)cn1. The largest absolute Gasteiger partial charge is 0.573 e. The lowest BCUT2D eigenvalue weighted by Crippen LogP contribution is -2.35. The van der Waals surface area contributed by atoms with Gasteiger partial charge in [-0.3, -0.25) is 19.5 Å². The summed E-state index contributed by atoms with van der Waals surface area (Å²) in [5.74, 6) is -1.34. The number of anilines is 2. The van der Waals surface area contributed by atoms with Gasteiger partial charge in [0.25, 0.3) is 11.8 Å². The lowest BCUT2D eigenvalue weighted by molar-refractivity contribution is -0.274. The highest BCUT2D eigenvalue weighted by molar-refractivity contribution is 6.16. The number of pyridine rings is 1. The van der Waals surface area contributed by atoms with Gasteiger partial charge in [0.05, 0.1) is 31.0 Å². The first-order chi connectivity index (χ1) is 17.8. The van der Waals surface area contributed by atoms with E-state index in [2.05, 4.69) is 19.9 Å². The molecule has 2 aliphatic heterocycles. The summed E-state index contributed by atoms with van der Waals surface area (Å²) in [6, 6.07) is 13.7. The molecular weight excluding hydrogens is 489 g/mol. The van der Waals surface area contributed by atoms with Crippen molar-refractivity contribution in [1.82, 2.24) is 9.88 Å². The minimum absolute atomic E-state index is 0.141. The second-order valence-corrected chi connectivity index (χ2v) is 8.67. The van der Waals surface area contributed by atoms with E-state index in [0.717, 1.165) is 30.8 Å². The van der Waals surface area contributed by atoms with Crippen LogP contribution in [0.4, 0.5) is 24.5 Å². The molecule has 3 aromatic rings. The Morgan fingerprint density at radius 3 is 2.59 bits per heavy atom. The molecule has 1 saturated heterocycles. The van der Waals surface area contributed by atoms with E-state index in [1.165, 1.54) is 17.0 Å². The number of carbonyl (C=O) groups is 2.